The Bertz CT molecular complexity index is 309. The largest absolute Gasteiger partial charge is 0.375 e. The van der Waals surface area contributed by atoms with E-state index in [0.717, 1.165) is 32.2 Å². The first-order valence-electron chi connectivity index (χ1n) is 5.20. The molecule has 14 heavy (non-hydrogen) atoms. The van der Waals surface area contributed by atoms with Crippen molar-refractivity contribution in [1.29, 1.82) is 0 Å². The van der Waals surface area contributed by atoms with Crippen LogP contribution in [0.15, 0.2) is 0 Å². The van der Waals surface area contributed by atoms with Crippen LogP contribution in [-0.4, -0.2) is 17.6 Å². The summed E-state index contributed by atoms with van der Waals surface area (Å²) in [7, 11) is 0. The first-order chi connectivity index (χ1) is 6.92. The van der Waals surface area contributed by atoms with E-state index in [1.807, 2.05) is 0 Å². The molecule has 1 N–H and O–H groups in total. The number of rotatable bonds is 3. The molecule has 0 atom stereocenters. The van der Waals surface area contributed by atoms with Crippen LogP contribution in [-0.2, 0) is 24.3 Å². The number of thiazole rings is 1. The summed E-state index contributed by atoms with van der Waals surface area (Å²) in [5.41, 5.74) is 1.27. The van der Waals surface area contributed by atoms with Crippen molar-refractivity contribution >= 4 is 11.3 Å². The van der Waals surface area contributed by atoms with Crippen LogP contribution in [0, 0.1) is 0 Å². The van der Waals surface area contributed by atoms with E-state index in [1.165, 1.54) is 28.4 Å². The van der Waals surface area contributed by atoms with Gasteiger partial charge in [-0.2, -0.15) is 0 Å². The van der Waals surface area contributed by atoms with Gasteiger partial charge in [-0.15, -0.1) is 11.3 Å². The van der Waals surface area contributed by atoms with Crippen LogP contribution in [0.3, 0.4) is 0 Å². The van der Waals surface area contributed by atoms with Gasteiger partial charge in [0.1, 0.15) is 5.01 Å². The minimum Gasteiger partial charge on any atom is -0.375 e. The van der Waals surface area contributed by atoms with E-state index in [2.05, 4.69) is 10.3 Å². The maximum absolute atomic E-state index is 5.40. The van der Waals surface area contributed by atoms with Gasteiger partial charge in [0.25, 0.3) is 0 Å². The molecule has 0 amide bonds. The molecule has 0 radical (unpaired) electrons. The van der Waals surface area contributed by atoms with Crippen molar-refractivity contribution in [2.45, 2.75) is 38.5 Å². The van der Waals surface area contributed by atoms with Crippen LogP contribution in [0.25, 0.3) is 0 Å². The number of hydrogen-bond donors (Lipinski definition) is 1. The lowest BCUT2D eigenvalue weighted by Gasteiger charge is -2.08. The average molecular weight is 210 g/mol. The Morgan fingerprint density at radius 2 is 2.43 bits per heavy atom. The SMILES string of the molecule is C1Cc2nc(CNC3CC3)sc2CO1. The molecule has 2 heterocycles. The van der Waals surface area contributed by atoms with Crippen molar-refractivity contribution in [2.24, 2.45) is 0 Å². The molecule has 0 bridgehead atoms. The Morgan fingerprint density at radius 1 is 1.50 bits per heavy atom. The maximum Gasteiger partial charge on any atom is 0.107 e. The highest BCUT2D eigenvalue weighted by molar-refractivity contribution is 7.11. The van der Waals surface area contributed by atoms with E-state index < -0.39 is 0 Å². The third-order valence-electron chi connectivity index (χ3n) is 2.66. The molecule has 1 aliphatic heterocycles. The Labute approximate surface area is 87.5 Å². The molecule has 3 nitrogen and oxygen atoms in total. The molecule has 1 aromatic heterocycles. The summed E-state index contributed by atoms with van der Waals surface area (Å²) in [6.45, 7) is 2.56. The monoisotopic (exact) mass is 210 g/mol. The number of ether oxygens (including phenoxy) is 1. The fourth-order valence-electron chi connectivity index (χ4n) is 1.67. The Kier molecular flexibility index (Phi) is 2.27. The van der Waals surface area contributed by atoms with Crippen LogP contribution in [0.4, 0.5) is 0 Å². The molecule has 0 unspecified atom stereocenters. The molecule has 1 aliphatic carbocycles. The second-order valence-electron chi connectivity index (χ2n) is 3.94. The van der Waals surface area contributed by atoms with Gasteiger partial charge in [-0.05, 0) is 12.8 Å². The van der Waals surface area contributed by atoms with Crippen LogP contribution in [0.5, 0.6) is 0 Å². The van der Waals surface area contributed by atoms with Gasteiger partial charge >= 0.3 is 0 Å². The second kappa shape index (κ2) is 3.61. The molecule has 0 spiro atoms. The summed E-state index contributed by atoms with van der Waals surface area (Å²) in [5, 5.41) is 4.72. The molecule has 3 rings (SSSR count). The summed E-state index contributed by atoms with van der Waals surface area (Å²) in [5.74, 6) is 0. The molecule has 1 saturated carbocycles. The number of nitrogens with zero attached hydrogens (tertiary/aromatic N) is 1. The van der Waals surface area contributed by atoms with E-state index in [0.29, 0.717) is 0 Å². The molecule has 0 aromatic carbocycles. The first-order valence-corrected chi connectivity index (χ1v) is 6.02. The third-order valence-corrected chi connectivity index (χ3v) is 3.73. The quantitative estimate of drug-likeness (QED) is 0.820. The smallest absolute Gasteiger partial charge is 0.107 e. The fraction of sp³-hybridized carbons (Fsp3) is 0.700. The van der Waals surface area contributed by atoms with Crippen molar-refractivity contribution in [3.63, 3.8) is 0 Å². The highest BCUT2D eigenvalue weighted by atomic mass is 32.1. The van der Waals surface area contributed by atoms with Crippen molar-refractivity contribution in [3.8, 4) is 0 Å². The lowest BCUT2D eigenvalue weighted by molar-refractivity contribution is 0.112. The van der Waals surface area contributed by atoms with Gasteiger partial charge in [0.05, 0.1) is 23.8 Å². The van der Waals surface area contributed by atoms with E-state index in [1.54, 1.807) is 11.3 Å². The van der Waals surface area contributed by atoms with Crippen molar-refractivity contribution < 1.29 is 4.74 Å². The molecule has 4 heteroatoms. The first kappa shape index (κ1) is 8.83. The van der Waals surface area contributed by atoms with Gasteiger partial charge < -0.3 is 10.1 Å². The van der Waals surface area contributed by atoms with Gasteiger partial charge in [0.15, 0.2) is 0 Å². The minimum atomic E-state index is 0.771. The summed E-state index contributed by atoms with van der Waals surface area (Å²) in [6.07, 6.45) is 3.68. The third kappa shape index (κ3) is 1.82. The zero-order valence-corrected chi connectivity index (χ0v) is 8.90. The van der Waals surface area contributed by atoms with Gasteiger partial charge in [-0.1, -0.05) is 0 Å². The fourth-order valence-corrected chi connectivity index (χ4v) is 2.68. The van der Waals surface area contributed by atoms with Gasteiger partial charge in [-0.25, -0.2) is 4.98 Å². The van der Waals surface area contributed by atoms with Crippen LogP contribution in [0.2, 0.25) is 0 Å². The van der Waals surface area contributed by atoms with Gasteiger partial charge in [0.2, 0.25) is 0 Å². The zero-order chi connectivity index (χ0) is 9.38. The molecule has 0 saturated heterocycles. The molecular formula is C10H14N2OS. The Balaban J connectivity index is 1.68. The Morgan fingerprint density at radius 3 is 3.21 bits per heavy atom. The summed E-state index contributed by atoms with van der Waals surface area (Å²) in [4.78, 5) is 5.96. The number of nitrogens with one attached hydrogen (secondary N) is 1. The van der Waals surface area contributed by atoms with Crippen LogP contribution >= 0.6 is 11.3 Å². The predicted molar refractivity (Wildman–Crippen MR) is 55.3 cm³/mol. The van der Waals surface area contributed by atoms with Crippen molar-refractivity contribution in [1.82, 2.24) is 10.3 Å². The van der Waals surface area contributed by atoms with E-state index in [4.69, 9.17) is 4.74 Å². The molecule has 1 aromatic rings. The van der Waals surface area contributed by atoms with E-state index in [-0.39, 0.29) is 0 Å². The zero-order valence-electron chi connectivity index (χ0n) is 8.08. The summed E-state index contributed by atoms with van der Waals surface area (Å²) >= 11 is 1.81. The van der Waals surface area contributed by atoms with E-state index in [9.17, 15) is 0 Å². The van der Waals surface area contributed by atoms with E-state index >= 15 is 0 Å². The number of hydrogen-bond acceptors (Lipinski definition) is 4. The summed E-state index contributed by atoms with van der Waals surface area (Å²) in [6, 6.07) is 0.771. The molecule has 2 aliphatic rings. The van der Waals surface area contributed by atoms with Crippen LogP contribution in [0.1, 0.15) is 28.4 Å². The highest BCUT2D eigenvalue weighted by Gasteiger charge is 2.21. The molecule has 1 fully saturated rings. The van der Waals surface area contributed by atoms with Gasteiger partial charge in [-0.3, -0.25) is 0 Å². The topological polar surface area (TPSA) is 34.2 Å². The number of fused-ring (bicyclic) bond motifs is 1. The normalized spacial score (nSPS) is 20.9. The molecular weight excluding hydrogens is 196 g/mol. The predicted octanol–water partition coefficient (Wildman–Crippen LogP) is 1.47. The lowest BCUT2D eigenvalue weighted by atomic mass is 10.2. The molecule has 76 valence electrons. The highest BCUT2D eigenvalue weighted by Crippen LogP contribution is 2.25. The minimum absolute atomic E-state index is 0.771. The standard InChI is InChI=1S/C10H14N2OS/c1-2-7(1)11-5-10-12-8-3-4-13-6-9(8)14-10/h7,11H,1-6H2. The number of aromatic nitrogens is 1. The van der Waals surface area contributed by atoms with Crippen molar-refractivity contribution in [3.05, 3.63) is 15.6 Å². The lowest BCUT2D eigenvalue weighted by Crippen LogP contribution is -2.15. The Hall–Kier alpha value is -0.450. The summed E-state index contributed by atoms with van der Waals surface area (Å²) < 4.78 is 5.40. The maximum atomic E-state index is 5.40. The van der Waals surface area contributed by atoms with Crippen molar-refractivity contribution in [2.75, 3.05) is 6.61 Å². The average Bonchev–Trinajstić information content (AvgIpc) is 2.94. The van der Waals surface area contributed by atoms with Crippen LogP contribution < -0.4 is 5.32 Å². The second-order valence-corrected chi connectivity index (χ2v) is 5.10. The van der Waals surface area contributed by atoms with Gasteiger partial charge in [0, 0.05) is 19.0 Å².